The second-order valence-corrected chi connectivity index (χ2v) is 4.58. The first-order valence-electron chi connectivity index (χ1n) is 6.05. The van der Waals surface area contributed by atoms with E-state index in [9.17, 15) is 0 Å². The van der Waals surface area contributed by atoms with Gasteiger partial charge in [0.05, 0.1) is 6.54 Å². The summed E-state index contributed by atoms with van der Waals surface area (Å²) in [5, 5.41) is 0. The van der Waals surface area contributed by atoms with Gasteiger partial charge in [-0.15, -0.1) is 0 Å². The standard InChI is InChI=1S/C12H24N4/c1-11(2)16-9-7-14-12(16)10-15(3)8-5-4-6-13/h7,9,11H,4-6,8,10,13H2,1-3H3. The van der Waals surface area contributed by atoms with Crippen LogP contribution < -0.4 is 5.73 Å². The molecule has 2 N–H and O–H groups in total. The van der Waals surface area contributed by atoms with Gasteiger partial charge >= 0.3 is 0 Å². The summed E-state index contributed by atoms with van der Waals surface area (Å²) in [5.41, 5.74) is 5.48. The molecule has 4 nitrogen and oxygen atoms in total. The first-order chi connectivity index (χ1) is 7.65. The van der Waals surface area contributed by atoms with E-state index in [2.05, 4.69) is 35.3 Å². The van der Waals surface area contributed by atoms with Crippen LogP contribution in [0.4, 0.5) is 0 Å². The van der Waals surface area contributed by atoms with Gasteiger partial charge in [-0.05, 0) is 46.8 Å². The Morgan fingerprint density at radius 3 is 2.81 bits per heavy atom. The lowest BCUT2D eigenvalue weighted by Gasteiger charge is -2.18. The number of hydrogen-bond acceptors (Lipinski definition) is 3. The van der Waals surface area contributed by atoms with E-state index < -0.39 is 0 Å². The molecule has 1 rings (SSSR count). The average molecular weight is 224 g/mol. The summed E-state index contributed by atoms with van der Waals surface area (Å²) >= 11 is 0. The summed E-state index contributed by atoms with van der Waals surface area (Å²) in [6.07, 6.45) is 6.19. The van der Waals surface area contributed by atoms with E-state index in [1.54, 1.807) is 0 Å². The van der Waals surface area contributed by atoms with Crippen LogP contribution in [0.15, 0.2) is 12.4 Å². The Hall–Kier alpha value is -0.870. The van der Waals surface area contributed by atoms with E-state index in [-0.39, 0.29) is 0 Å². The molecule has 0 saturated heterocycles. The van der Waals surface area contributed by atoms with Crippen LogP contribution in [0.2, 0.25) is 0 Å². The molecule has 0 amide bonds. The SMILES string of the molecule is CC(C)n1ccnc1CN(C)CCCCN. The van der Waals surface area contributed by atoms with Crippen molar-refractivity contribution in [3.8, 4) is 0 Å². The lowest BCUT2D eigenvalue weighted by Crippen LogP contribution is -2.22. The number of nitrogens with two attached hydrogens (primary N) is 1. The highest BCUT2D eigenvalue weighted by Gasteiger charge is 2.08. The number of nitrogens with zero attached hydrogens (tertiary/aromatic N) is 3. The minimum Gasteiger partial charge on any atom is -0.331 e. The van der Waals surface area contributed by atoms with Crippen LogP contribution in [0.25, 0.3) is 0 Å². The summed E-state index contributed by atoms with van der Waals surface area (Å²) in [6, 6.07) is 0.481. The predicted octanol–water partition coefficient (Wildman–Crippen LogP) is 1.63. The maximum absolute atomic E-state index is 5.48. The summed E-state index contributed by atoms with van der Waals surface area (Å²) < 4.78 is 2.22. The second-order valence-electron chi connectivity index (χ2n) is 4.58. The molecule has 1 aromatic heterocycles. The third-order valence-corrected chi connectivity index (χ3v) is 2.71. The normalized spacial score (nSPS) is 11.6. The topological polar surface area (TPSA) is 47.1 Å². The number of unbranched alkanes of at least 4 members (excludes halogenated alkanes) is 1. The fraction of sp³-hybridized carbons (Fsp3) is 0.750. The van der Waals surface area contributed by atoms with Gasteiger partial charge in [-0.25, -0.2) is 4.98 Å². The third-order valence-electron chi connectivity index (χ3n) is 2.71. The van der Waals surface area contributed by atoms with Crippen molar-refractivity contribution in [2.45, 2.75) is 39.3 Å². The Kier molecular flexibility index (Phi) is 5.49. The molecule has 0 fully saturated rings. The molecule has 4 heteroatoms. The smallest absolute Gasteiger partial charge is 0.123 e. The maximum Gasteiger partial charge on any atom is 0.123 e. The number of aromatic nitrogens is 2. The molecule has 1 aromatic rings. The molecule has 0 atom stereocenters. The Balaban J connectivity index is 2.43. The van der Waals surface area contributed by atoms with Crippen LogP contribution in [0.3, 0.4) is 0 Å². The van der Waals surface area contributed by atoms with E-state index in [0.29, 0.717) is 6.04 Å². The van der Waals surface area contributed by atoms with Crippen molar-refractivity contribution in [2.75, 3.05) is 20.1 Å². The molecule has 92 valence electrons. The number of imidazole rings is 1. The van der Waals surface area contributed by atoms with E-state index in [1.807, 2.05) is 12.4 Å². The molecule has 0 unspecified atom stereocenters. The van der Waals surface area contributed by atoms with Crippen molar-refractivity contribution in [1.29, 1.82) is 0 Å². The molecule has 0 radical (unpaired) electrons. The third kappa shape index (κ3) is 3.94. The highest BCUT2D eigenvalue weighted by atomic mass is 15.2. The molecule has 0 aromatic carbocycles. The van der Waals surface area contributed by atoms with Crippen LogP contribution in [0, 0.1) is 0 Å². The predicted molar refractivity (Wildman–Crippen MR) is 67.2 cm³/mol. The fourth-order valence-electron chi connectivity index (χ4n) is 1.78. The van der Waals surface area contributed by atoms with Crippen molar-refractivity contribution in [1.82, 2.24) is 14.5 Å². The largest absolute Gasteiger partial charge is 0.331 e. The Bertz CT molecular complexity index is 293. The molecular weight excluding hydrogens is 200 g/mol. The molecule has 0 bridgehead atoms. The average Bonchev–Trinajstić information content (AvgIpc) is 2.66. The lowest BCUT2D eigenvalue weighted by molar-refractivity contribution is 0.303. The molecule has 0 aliphatic rings. The zero-order chi connectivity index (χ0) is 12.0. The van der Waals surface area contributed by atoms with Gasteiger partial charge in [0.15, 0.2) is 0 Å². The molecular formula is C12H24N4. The minimum absolute atomic E-state index is 0.481. The second kappa shape index (κ2) is 6.66. The number of rotatable bonds is 7. The van der Waals surface area contributed by atoms with E-state index >= 15 is 0 Å². The van der Waals surface area contributed by atoms with Gasteiger partial charge in [-0.2, -0.15) is 0 Å². The molecule has 0 saturated carbocycles. The Labute approximate surface area is 98.5 Å². The zero-order valence-electron chi connectivity index (χ0n) is 10.7. The van der Waals surface area contributed by atoms with Crippen molar-refractivity contribution >= 4 is 0 Å². The van der Waals surface area contributed by atoms with Crippen LogP contribution in [-0.4, -0.2) is 34.6 Å². The molecule has 16 heavy (non-hydrogen) atoms. The van der Waals surface area contributed by atoms with Gasteiger partial charge in [0.25, 0.3) is 0 Å². The van der Waals surface area contributed by atoms with E-state index in [1.165, 1.54) is 0 Å². The van der Waals surface area contributed by atoms with Gasteiger partial charge in [-0.1, -0.05) is 0 Å². The molecule has 1 heterocycles. The molecule has 0 aliphatic carbocycles. The summed E-state index contributed by atoms with van der Waals surface area (Å²) in [6.45, 7) is 7.14. The van der Waals surface area contributed by atoms with Crippen LogP contribution in [0.1, 0.15) is 38.6 Å². The zero-order valence-corrected chi connectivity index (χ0v) is 10.7. The Morgan fingerprint density at radius 2 is 2.19 bits per heavy atom. The first-order valence-corrected chi connectivity index (χ1v) is 6.05. The summed E-state index contributed by atoms with van der Waals surface area (Å²) in [4.78, 5) is 6.70. The van der Waals surface area contributed by atoms with Crippen LogP contribution >= 0.6 is 0 Å². The van der Waals surface area contributed by atoms with E-state index in [4.69, 9.17) is 5.73 Å². The molecule has 0 spiro atoms. The fourth-order valence-corrected chi connectivity index (χ4v) is 1.78. The minimum atomic E-state index is 0.481. The van der Waals surface area contributed by atoms with Crippen molar-refractivity contribution in [3.05, 3.63) is 18.2 Å². The van der Waals surface area contributed by atoms with Gasteiger partial charge in [-0.3, -0.25) is 4.90 Å². The van der Waals surface area contributed by atoms with Crippen LogP contribution in [0.5, 0.6) is 0 Å². The Morgan fingerprint density at radius 1 is 1.44 bits per heavy atom. The van der Waals surface area contributed by atoms with Gasteiger partial charge < -0.3 is 10.3 Å². The first kappa shape index (κ1) is 13.2. The van der Waals surface area contributed by atoms with Crippen LogP contribution in [-0.2, 0) is 6.54 Å². The quantitative estimate of drug-likeness (QED) is 0.716. The highest BCUT2D eigenvalue weighted by Crippen LogP contribution is 2.09. The van der Waals surface area contributed by atoms with E-state index in [0.717, 1.165) is 38.3 Å². The summed E-state index contributed by atoms with van der Waals surface area (Å²) in [5.74, 6) is 1.14. The van der Waals surface area contributed by atoms with Gasteiger partial charge in [0, 0.05) is 18.4 Å². The van der Waals surface area contributed by atoms with Crippen molar-refractivity contribution in [2.24, 2.45) is 5.73 Å². The molecule has 0 aliphatic heterocycles. The monoisotopic (exact) mass is 224 g/mol. The number of hydrogen-bond donors (Lipinski definition) is 1. The highest BCUT2D eigenvalue weighted by molar-refractivity contribution is 4.93. The van der Waals surface area contributed by atoms with Gasteiger partial charge in [0.2, 0.25) is 0 Å². The van der Waals surface area contributed by atoms with Gasteiger partial charge in [0.1, 0.15) is 5.82 Å². The lowest BCUT2D eigenvalue weighted by atomic mass is 10.3. The van der Waals surface area contributed by atoms with Crippen molar-refractivity contribution < 1.29 is 0 Å². The van der Waals surface area contributed by atoms with Crippen molar-refractivity contribution in [3.63, 3.8) is 0 Å². The summed E-state index contributed by atoms with van der Waals surface area (Å²) in [7, 11) is 2.13. The maximum atomic E-state index is 5.48.